The minimum atomic E-state index is 0.535. The van der Waals surface area contributed by atoms with Crippen molar-refractivity contribution in [2.45, 2.75) is 27.3 Å². The average molecular weight is 307 g/mol. The largest absolute Gasteiger partial charge is 0.493 e. The SMILES string of the molecule is CCOCCNC(=NC)NCc1ccc(OCC(C)C)cc1. The lowest BCUT2D eigenvalue weighted by atomic mass is 10.2. The highest BCUT2D eigenvalue weighted by Crippen LogP contribution is 2.13. The zero-order chi connectivity index (χ0) is 16.2. The molecule has 5 heteroatoms. The van der Waals surface area contributed by atoms with Crippen molar-refractivity contribution in [1.29, 1.82) is 0 Å². The van der Waals surface area contributed by atoms with Crippen LogP contribution < -0.4 is 15.4 Å². The van der Waals surface area contributed by atoms with E-state index in [1.807, 2.05) is 19.1 Å². The summed E-state index contributed by atoms with van der Waals surface area (Å²) < 4.78 is 11.0. The van der Waals surface area contributed by atoms with Crippen LogP contribution in [0.15, 0.2) is 29.3 Å². The van der Waals surface area contributed by atoms with Gasteiger partial charge in [0.15, 0.2) is 5.96 Å². The minimum absolute atomic E-state index is 0.535. The molecule has 0 aliphatic carbocycles. The second kappa shape index (κ2) is 10.9. The van der Waals surface area contributed by atoms with Gasteiger partial charge in [-0.3, -0.25) is 4.99 Å². The molecule has 1 aromatic rings. The maximum atomic E-state index is 5.67. The van der Waals surface area contributed by atoms with Crippen molar-refractivity contribution in [1.82, 2.24) is 10.6 Å². The zero-order valence-corrected chi connectivity index (χ0v) is 14.2. The Bertz CT molecular complexity index is 430. The van der Waals surface area contributed by atoms with Gasteiger partial charge in [-0.25, -0.2) is 0 Å². The first-order valence-corrected chi connectivity index (χ1v) is 7.89. The van der Waals surface area contributed by atoms with Crippen LogP contribution in [0.3, 0.4) is 0 Å². The third-order valence-electron chi connectivity index (χ3n) is 2.93. The van der Waals surface area contributed by atoms with Crippen LogP contribution >= 0.6 is 0 Å². The number of nitrogens with zero attached hydrogens (tertiary/aromatic N) is 1. The fourth-order valence-electron chi connectivity index (χ4n) is 1.76. The van der Waals surface area contributed by atoms with Gasteiger partial charge in [-0.2, -0.15) is 0 Å². The minimum Gasteiger partial charge on any atom is -0.493 e. The van der Waals surface area contributed by atoms with Gasteiger partial charge in [-0.1, -0.05) is 26.0 Å². The molecule has 0 saturated heterocycles. The summed E-state index contributed by atoms with van der Waals surface area (Å²) in [4.78, 5) is 4.18. The first kappa shape index (κ1) is 18.3. The fourth-order valence-corrected chi connectivity index (χ4v) is 1.76. The van der Waals surface area contributed by atoms with Gasteiger partial charge < -0.3 is 20.1 Å². The van der Waals surface area contributed by atoms with E-state index in [4.69, 9.17) is 9.47 Å². The summed E-state index contributed by atoms with van der Waals surface area (Å²) in [6.07, 6.45) is 0. The van der Waals surface area contributed by atoms with E-state index < -0.39 is 0 Å². The van der Waals surface area contributed by atoms with E-state index in [9.17, 15) is 0 Å². The molecule has 1 aromatic carbocycles. The van der Waals surface area contributed by atoms with Crippen LogP contribution in [-0.2, 0) is 11.3 Å². The smallest absolute Gasteiger partial charge is 0.191 e. The summed E-state index contributed by atoms with van der Waals surface area (Å²) in [6, 6.07) is 8.14. The second-order valence-electron chi connectivity index (χ2n) is 5.40. The van der Waals surface area contributed by atoms with E-state index >= 15 is 0 Å². The summed E-state index contributed by atoms with van der Waals surface area (Å²) in [7, 11) is 1.76. The fraction of sp³-hybridized carbons (Fsp3) is 0.588. The van der Waals surface area contributed by atoms with Gasteiger partial charge in [0, 0.05) is 26.7 Å². The van der Waals surface area contributed by atoms with Crippen molar-refractivity contribution in [3.63, 3.8) is 0 Å². The maximum absolute atomic E-state index is 5.67. The van der Waals surface area contributed by atoms with Crippen molar-refractivity contribution >= 4 is 5.96 Å². The van der Waals surface area contributed by atoms with Crippen LogP contribution in [0.25, 0.3) is 0 Å². The number of benzene rings is 1. The van der Waals surface area contributed by atoms with Gasteiger partial charge in [0.25, 0.3) is 0 Å². The van der Waals surface area contributed by atoms with E-state index in [0.717, 1.165) is 38.0 Å². The molecule has 0 amide bonds. The number of guanidine groups is 1. The molecular weight excluding hydrogens is 278 g/mol. The highest BCUT2D eigenvalue weighted by Gasteiger charge is 2.00. The van der Waals surface area contributed by atoms with Crippen LogP contribution in [0.1, 0.15) is 26.3 Å². The molecule has 124 valence electrons. The van der Waals surface area contributed by atoms with Crippen molar-refractivity contribution in [2.75, 3.05) is 33.4 Å². The molecule has 0 atom stereocenters. The highest BCUT2D eigenvalue weighted by atomic mass is 16.5. The molecular formula is C17H29N3O2. The molecule has 0 radical (unpaired) electrons. The summed E-state index contributed by atoms with van der Waals surface area (Å²) >= 11 is 0. The third-order valence-corrected chi connectivity index (χ3v) is 2.93. The van der Waals surface area contributed by atoms with Gasteiger partial charge >= 0.3 is 0 Å². The molecule has 2 N–H and O–H groups in total. The summed E-state index contributed by atoms with van der Waals surface area (Å²) in [6.45, 7) is 9.90. The van der Waals surface area contributed by atoms with Crippen LogP contribution in [-0.4, -0.2) is 39.4 Å². The number of aliphatic imine (C=N–C) groups is 1. The molecule has 22 heavy (non-hydrogen) atoms. The monoisotopic (exact) mass is 307 g/mol. The number of rotatable bonds is 9. The Kier molecular flexibility index (Phi) is 9.07. The van der Waals surface area contributed by atoms with Crippen LogP contribution in [0.5, 0.6) is 5.75 Å². The summed E-state index contributed by atoms with van der Waals surface area (Å²) in [5, 5.41) is 6.48. The molecule has 0 saturated carbocycles. The Labute approximate surface area is 134 Å². The molecule has 0 bridgehead atoms. The van der Waals surface area contributed by atoms with Gasteiger partial charge in [0.05, 0.1) is 13.2 Å². The van der Waals surface area contributed by atoms with Gasteiger partial charge in [0.2, 0.25) is 0 Å². The number of ether oxygens (including phenoxy) is 2. The Balaban J connectivity index is 2.33. The quantitative estimate of drug-likeness (QED) is 0.418. The molecule has 5 nitrogen and oxygen atoms in total. The number of hydrogen-bond donors (Lipinski definition) is 2. The topological polar surface area (TPSA) is 54.9 Å². The second-order valence-corrected chi connectivity index (χ2v) is 5.40. The van der Waals surface area contributed by atoms with E-state index in [1.54, 1.807) is 7.05 Å². The van der Waals surface area contributed by atoms with Gasteiger partial charge in [-0.15, -0.1) is 0 Å². The van der Waals surface area contributed by atoms with Crippen LogP contribution in [0.4, 0.5) is 0 Å². The van der Waals surface area contributed by atoms with Crippen LogP contribution in [0.2, 0.25) is 0 Å². The predicted octanol–water partition coefficient (Wildman–Crippen LogP) is 2.42. The van der Waals surface area contributed by atoms with Crippen molar-refractivity contribution < 1.29 is 9.47 Å². The molecule has 0 heterocycles. The Morgan fingerprint density at radius 1 is 1.18 bits per heavy atom. The van der Waals surface area contributed by atoms with Gasteiger partial charge in [-0.05, 0) is 30.5 Å². The molecule has 0 fully saturated rings. The molecule has 1 rings (SSSR count). The predicted molar refractivity (Wildman–Crippen MR) is 91.5 cm³/mol. The van der Waals surface area contributed by atoms with Crippen molar-refractivity contribution in [3.05, 3.63) is 29.8 Å². The molecule has 0 spiro atoms. The normalized spacial score (nSPS) is 11.6. The van der Waals surface area contributed by atoms with E-state index in [-0.39, 0.29) is 0 Å². The maximum Gasteiger partial charge on any atom is 0.191 e. The van der Waals surface area contributed by atoms with Gasteiger partial charge in [0.1, 0.15) is 5.75 Å². The Morgan fingerprint density at radius 2 is 1.91 bits per heavy atom. The Hall–Kier alpha value is -1.75. The zero-order valence-electron chi connectivity index (χ0n) is 14.2. The summed E-state index contributed by atoms with van der Waals surface area (Å²) in [5.41, 5.74) is 1.18. The molecule has 0 unspecified atom stereocenters. The van der Waals surface area contributed by atoms with Crippen LogP contribution in [0, 0.1) is 5.92 Å². The standard InChI is InChI=1S/C17H29N3O2/c1-5-21-11-10-19-17(18-4)20-12-15-6-8-16(9-7-15)22-13-14(2)3/h6-9,14H,5,10-13H2,1-4H3,(H2,18,19,20). The van der Waals surface area contributed by atoms with E-state index in [2.05, 4.69) is 41.6 Å². The first-order valence-electron chi connectivity index (χ1n) is 7.89. The lowest BCUT2D eigenvalue weighted by Gasteiger charge is -2.12. The first-order chi connectivity index (χ1) is 10.7. The third kappa shape index (κ3) is 7.88. The van der Waals surface area contributed by atoms with Crippen molar-refractivity contribution in [2.24, 2.45) is 10.9 Å². The molecule has 0 aliphatic rings. The average Bonchev–Trinajstić information content (AvgIpc) is 2.53. The lowest BCUT2D eigenvalue weighted by molar-refractivity contribution is 0.152. The molecule has 0 aliphatic heterocycles. The molecule has 0 aromatic heterocycles. The van der Waals surface area contributed by atoms with Crippen molar-refractivity contribution in [3.8, 4) is 5.75 Å². The summed E-state index contributed by atoms with van der Waals surface area (Å²) in [5.74, 6) is 2.23. The van der Waals surface area contributed by atoms with E-state index in [1.165, 1.54) is 5.56 Å². The van der Waals surface area contributed by atoms with E-state index in [0.29, 0.717) is 12.5 Å². The number of hydrogen-bond acceptors (Lipinski definition) is 3. The lowest BCUT2D eigenvalue weighted by Crippen LogP contribution is -2.38. The number of nitrogens with one attached hydrogen (secondary N) is 2. The highest BCUT2D eigenvalue weighted by molar-refractivity contribution is 5.79. The Morgan fingerprint density at radius 3 is 2.50 bits per heavy atom.